The van der Waals surface area contributed by atoms with Crippen LogP contribution in [0.3, 0.4) is 0 Å². The predicted octanol–water partition coefficient (Wildman–Crippen LogP) is 6.60. The summed E-state index contributed by atoms with van der Waals surface area (Å²) in [7, 11) is 0. The molecule has 2 bridgehead atoms. The molecule has 5 nitrogen and oxygen atoms in total. The zero-order valence-corrected chi connectivity index (χ0v) is 23.5. The van der Waals surface area contributed by atoms with E-state index in [1.165, 1.54) is 16.2 Å². The van der Waals surface area contributed by atoms with Gasteiger partial charge >= 0.3 is 0 Å². The van der Waals surface area contributed by atoms with E-state index in [0.717, 1.165) is 58.4 Å². The van der Waals surface area contributed by atoms with Crippen molar-refractivity contribution in [2.45, 2.75) is 52.4 Å². The summed E-state index contributed by atoms with van der Waals surface area (Å²) in [6, 6.07) is 22.1. The summed E-state index contributed by atoms with van der Waals surface area (Å²) in [4.78, 5) is 46.3. The normalized spacial score (nSPS) is 28.7. The minimum atomic E-state index is -1.16. The number of nitrogens with zero attached hydrogens (tertiary/aromatic N) is 2. The van der Waals surface area contributed by atoms with Crippen molar-refractivity contribution in [3.05, 3.63) is 87.8 Å². The van der Waals surface area contributed by atoms with E-state index in [-0.39, 0.29) is 17.6 Å². The number of thiophene rings is 1. The molecular formula is C34H30N2O3S. The molecule has 1 aliphatic heterocycles. The van der Waals surface area contributed by atoms with Crippen molar-refractivity contribution in [2.75, 3.05) is 4.90 Å². The van der Waals surface area contributed by atoms with Gasteiger partial charge in [-0.3, -0.25) is 14.4 Å². The number of benzene rings is 2. The van der Waals surface area contributed by atoms with Gasteiger partial charge in [-0.15, -0.1) is 11.3 Å². The molecule has 1 aromatic heterocycles. The van der Waals surface area contributed by atoms with E-state index >= 15 is 0 Å². The molecule has 2 fully saturated rings. The number of carbonyl (C=O) groups excluding carboxylic acids is 3. The third-order valence-electron chi connectivity index (χ3n) is 9.79. The Balaban J connectivity index is 1.49. The van der Waals surface area contributed by atoms with Crippen molar-refractivity contribution < 1.29 is 14.4 Å². The van der Waals surface area contributed by atoms with Crippen LogP contribution in [0.2, 0.25) is 0 Å². The second kappa shape index (κ2) is 8.84. The SMILES string of the molecule is CCC[C@@]12C(=O)[C@@](C)(C(c3ccccc3)=C1c1ccccc1)[C@H]1C(=O)N(c3sc4c(c3C#N)CCCC4)C(=O)[C@H]12. The first kappa shape index (κ1) is 25.2. The van der Waals surface area contributed by atoms with Gasteiger partial charge in [0.15, 0.2) is 5.78 Å². The molecule has 40 heavy (non-hydrogen) atoms. The summed E-state index contributed by atoms with van der Waals surface area (Å²) in [5.41, 5.74) is 2.80. The first-order valence-electron chi connectivity index (χ1n) is 14.2. The number of rotatable bonds is 5. The summed E-state index contributed by atoms with van der Waals surface area (Å²) in [6.07, 6.45) is 4.89. The number of hydrogen-bond donors (Lipinski definition) is 0. The van der Waals surface area contributed by atoms with Gasteiger partial charge in [-0.25, -0.2) is 4.90 Å². The van der Waals surface area contributed by atoms with Gasteiger partial charge in [0.25, 0.3) is 0 Å². The lowest BCUT2D eigenvalue weighted by atomic mass is 9.61. The lowest BCUT2D eigenvalue weighted by molar-refractivity contribution is -0.134. The summed E-state index contributed by atoms with van der Waals surface area (Å²) in [5.74, 6) is -2.25. The van der Waals surface area contributed by atoms with Crippen molar-refractivity contribution in [1.82, 2.24) is 0 Å². The van der Waals surface area contributed by atoms with Crippen LogP contribution in [-0.4, -0.2) is 17.6 Å². The molecule has 1 saturated carbocycles. The van der Waals surface area contributed by atoms with E-state index in [9.17, 15) is 19.6 Å². The minimum absolute atomic E-state index is 0.0121. The zero-order valence-electron chi connectivity index (χ0n) is 22.7. The number of carbonyl (C=O) groups is 3. The lowest BCUT2D eigenvalue weighted by Gasteiger charge is -2.37. The molecule has 6 heteroatoms. The molecule has 3 aromatic rings. The van der Waals surface area contributed by atoms with Crippen molar-refractivity contribution in [2.24, 2.45) is 22.7 Å². The third kappa shape index (κ3) is 2.94. The van der Waals surface area contributed by atoms with E-state index in [1.54, 1.807) is 0 Å². The zero-order chi connectivity index (χ0) is 27.8. The fraction of sp³-hybridized carbons (Fsp3) is 0.353. The average molecular weight is 547 g/mol. The van der Waals surface area contributed by atoms with E-state index < -0.39 is 22.7 Å². The molecule has 0 radical (unpaired) electrons. The van der Waals surface area contributed by atoms with Crippen LogP contribution in [0, 0.1) is 34.0 Å². The quantitative estimate of drug-likeness (QED) is 0.338. The first-order valence-corrected chi connectivity index (χ1v) is 15.1. The molecule has 1 saturated heterocycles. The molecule has 2 heterocycles. The molecule has 200 valence electrons. The van der Waals surface area contributed by atoms with Crippen molar-refractivity contribution in [3.8, 4) is 6.07 Å². The second-order valence-corrected chi connectivity index (χ2v) is 12.8. The minimum Gasteiger partial charge on any atom is -0.298 e. The van der Waals surface area contributed by atoms with Gasteiger partial charge in [0.05, 0.1) is 28.2 Å². The molecule has 0 spiro atoms. The monoisotopic (exact) mass is 546 g/mol. The summed E-state index contributed by atoms with van der Waals surface area (Å²) < 4.78 is 0. The Bertz CT molecular complexity index is 1660. The maximum Gasteiger partial charge on any atom is 0.239 e. The molecule has 7 rings (SSSR count). The standard InChI is InChI=1S/C34H30N2O3S/c1-3-18-34-26(21-14-8-5-9-15-21)25(20-12-6-4-7-13-20)33(2,32(34)39)27-28(34)30(38)36(29(27)37)31-23(19-35)22-16-10-11-17-24(22)40-31/h4-9,12-15,27-28H,3,10-11,16-18H2,1-2H3/t27-,28+,33+,34-/m1/s1. The Morgan fingerprint density at radius 3 is 2.12 bits per heavy atom. The highest BCUT2D eigenvalue weighted by molar-refractivity contribution is 7.17. The number of hydrogen-bond acceptors (Lipinski definition) is 5. The highest BCUT2D eigenvalue weighted by Gasteiger charge is 2.80. The van der Waals surface area contributed by atoms with Gasteiger partial charge in [-0.2, -0.15) is 5.26 Å². The summed E-state index contributed by atoms with van der Waals surface area (Å²) in [6.45, 7) is 3.93. The van der Waals surface area contributed by atoms with Gasteiger partial charge < -0.3 is 0 Å². The predicted molar refractivity (Wildman–Crippen MR) is 155 cm³/mol. The molecule has 2 aromatic carbocycles. The number of imide groups is 1. The van der Waals surface area contributed by atoms with Crippen LogP contribution >= 0.6 is 11.3 Å². The number of nitriles is 1. The van der Waals surface area contributed by atoms with Crippen LogP contribution in [0.15, 0.2) is 60.7 Å². The van der Waals surface area contributed by atoms with E-state index in [0.29, 0.717) is 23.4 Å². The van der Waals surface area contributed by atoms with Crippen LogP contribution < -0.4 is 4.90 Å². The summed E-state index contributed by atoms with van der Waals surface area (Å²) in [5, 5.41) is 10.6. The third-order valence-corrected chi connectivity index (χ3v) is 11.1. The number of amides is 2. The van der Waals surface area contributed by atoms with Crippen LogP contribution in [0.4, 0.5) is 5.00 Å². The first-order chi connectivity index (χ1) is 19.4. The maximum atomic E-state index is 14.8. The van der Waals surface area contributed by atoms with E-state index in [2.05, 4.69) is 6.07 Å². The Morgan fingerprint density at radius 1 is 0.900 bits per heavy atom. The van der Waals surface area contributed by atoms with Gasteiger partial charge in [0.1, 0.15) is 11.1 Å². The smallest absolute Gasteiger partial charge is 0.239 e. The number of anilines is 1. The maximum absolute atomic E-state index is 14.8. The second-order valence-electron chi connectivity index (χ2n) is 11.7. The number of fused-ring (bicyclic) bond motifs is 6. The number of allylic oxidation sites excluding steroid dienone is 2. The number of ketones is 1. The summed E-state index contributed by atoms with van der Waals surface area (Å²) >= 11 is 1.42. The lowest BCUT2D eigenvalue weighted by Crippen LogP contribution is -2.41. The van der Waals surface area contributed by atoms with Gasteiger partial charge in [0.2, 0.25) is 11.8 Å². The Hall–Kier alpha value is -3.82. The molecular weight excluding hydrogens is 516 g/mol. The Labute approximate surface area is 238 Å². The highest BCUT2D eigenvalue weighted by Crippen LogP contribution is 2.75. The Kier molecular flexibility index (Phi) is 5.56. The average Bonchev–Trinajstić information content (AvgIpc) is 3.60. The molecule has 4 atom stereocenters. The van der Waals surface area contributed by atoms with E-state index in [1.807, 2.05) is 74.5 Å². The van der Waals surface area contributed by atoms with Crippen LogP contribution in [0.1, 0.15) is 66.7 Å². The molecule has 2 amide bonds. The van der Waals surface area contributed by atoms with Gasteiger partial charge in [-0.05, 0) is 66.9 Å². The van der Waals surface area contributed by atoms with E-state index in [4.69, 9.17) is 0 Å². The van der Waals surface area contributed by atoms with Crippen molar-refractivity contribution in [1.29, 1.82) is 5.26 Å². The number of Topliss-reactive ketones (excluding diaryl/α,β-unsaturated/α-hetero) is 1. The largest absolute Gasteiger partial charge is 0.298 e. The molecule has 0 N–H and O–H groups in total. The molecule has 3 aliphatic carbocycles. The highest BCUT2D eigenvalue weighted by atomic mass is 32.1. The number of aryl methyl sites for hydroxylation is 1. The molecule has 4 aliphatic rings. The van der Waals surface area contributed by atoms with Gasteiger partial charge in [0, 0.05) is 4.88 Å². The Morgan fingerprint density at radius 2 is 1.50 bits per heavy atom. The van der Waals surface area contributed by atoms with Crippen LogP contribution in [0.25, 0.3) is 11.1 Å². The van der Waals surface area contributed by atoms with Crippen LogP contribution in [0.5, 0.6) is 0 Å². The molecule has 0 unspecified atom stereocenters. The van der Waals surface area contributed by atoms with Crippen molar-refractivity contribution >= 4 is 45.1 Å². The topological polar surface area (TPSA) is 78.2 Å². The van der Waals surface area contributed by atoms with Crippen molar-refractivity contribution in [3.63, 3.8) is 0 Å². The van der Waals surface area contributed by atoms with Gasteiger partial charge in [-0.1, -0.05) is 74.0 Å². The fourth-order valence-electron chi connectivity index (χ4n) is 8.38. The fourth-order valence-corrected chi connectivity index (χ4v) is 9.73. The van der Waals surface area contributed by atoms with Crippen LogP contribution in [-0.2, 0) is 27.2 Å².